The number of hydrogen-bond donors (Lipinski definition) is 1. The van der Waals surface area contributed by atoms with Gasteiger partial charge in [-0.15, -0.1) is 0 Å². The summed E-state index contributed by atoms with van der Waals surface area (Å²) in [6, 6.07) is 16.5. The SMILES string of the molecule is CCOc1ccc(/C(O)=C2\C(=O)C(=O)N(c3nc4ccc(OC)cc4s3)C2c2ccc(OCCC(C)C)c(OCC)c2)cc1. The van der Waals surface area contributed by atoms with Gasteiger partial charge in [-0.25, -0.2) is 4.98 Å². The first kappa shape index (κ1) is 30.9. The van der Waals surface area contributed by atoms with Crippen LogP contribution in [-0.2, 0) is 9.59 Å². The van der Waals surface area contributed by atoms with Crippen LogP contribution in [0.3, 0.4) is 0 Å². The first-order valence-electron chi connectivity index (χ1n) is 14.6. The summed E-state index contributed by atoms with van der Waals surface area (Å²) in [5.74, 6) is 0.896. The molecule has 1 aliphatic heterocycles. The van der Waals surface area contributed by atoms with E-state index < -0.39 is 17.7 Å². The van der Waals surface area contributed by atoms with Gasteiger partial charge in [0.25, 0.3) is 5.78 Å². The van der Waals surface area contributed by atoms with E-state index in [0.717, 1.165) is 11.1 Å². The molecular weight excluding hydrogens is 580 g/mol. The zero-order valence-corrected chi connectivity index (χ0v) is 26.3. The summed E-state index contributed by atoms with van der Waals surface area (Å²) < 4.78 is 23.7. The second kappa shape index (κ2) is 13.4. The molecule has 0 spiro atoms. The van der Waals surface area contributed by atoms with Crippen LogP contribution in [-0.4, -0.2) is 48.7 Å². The fourth-order valence-electron chi connectivity index (χ4n) is 4.99. The van der Waals surface area contributed by atoms with Crippen molar-refractivity contribution in [1.29, 1.82) is 0 Å². The van der Waals surface area contributed by atoms with Crippen molar-refractivity contribution >= 4 is 44.1 Å². The van der Waals surface area contributed by atoms with Gasteiger partial charge in [0.2, 0.25) is 0 Å². The number of anilines is 1. The normalized spacial score (nSPS) is 16.1. The highest BCUT2D eigenvalue weighted by Gasteiger charge is 2.48. The Morgan fingerprint density at radius 3 is 2.34 bits per heavy atom. The largest absolute Gasteiger partial charge is 0.507 e. The van der Waals surface area contributed by atoms with Gasteiger partial charge in [0.15, 0.2) is 16.6 Å². The first-order chi connectivity index (χ1) is 21.2. The van der Waals surface area contributed by atoms with E-state index in [1.807, 2.05) is 19.9 Å². The van der Waals surface area contributed by atoms with Crippen LogP contribution < -0.4 is 23.8 Å². The molecule has 1 aromatic heterocycles. The van der Waals surface area contributed by atoms with Crippen molar-refractivity contribution in [2.45, 2.75) is 40.2 Å². The number of aliphatic hydroxyl groups excluding tert-OH is 1. The Labute approximate surface area is 260 Å². The number of nitrogens with zero attached hydrogens (tertiary/aromatic N) is 2. The number of ether oxygens (including phenoxy) is 4. The van der Waals surface area contributed by atoms with Gasteiger partial charge in [0.05, 0.1) is 48.8 Å². The molecule has 1 N–H and O–H groups in total. The van der Waals surface area contributed by atoms with Crippen LogP contribution in [0.2, 0.25) is 0 Å². The standard InChI is InChI=1S/C34H36N2O7S/c1-6-41-23-11-8-21(9-12-23)31(37)29-30(22-10-15-26(27(18-22)42-7-2)43-17-16-20(3)4)36(33(39)32(29)38)34-35-25-14-13-24(40-5)19-28(25)44-34/h8-15,18-20,30,37H,6-7,16-17H2,1-5H3/b31-29+. The Balaban J connectivity index is 1.65. The number of aliphatic hydroxyl groups is 1. The lowest BCUT2D eigenvalue weighted by Crippen LogP contribution is -2.29. The minimum atomic E-state index is -0.979. The van der Waals surface area contributed by atoms with Crippen LogP contribution >= 0.6 is 11.3 Å². The summed E-state index contributed by atoms with van der Waals surface area (Å²) in [5, 5.41) is 11.9. The minimum Gasteiger partial charge on any atom is -0.507 e. The molecule has 1 aliphatic rings. The number of ketones is 1. The van der Waals surface area contributed by atoms with Crippen LogP contribution in [0.4, 0.5) is 5.13 Å². The van der Waals surface area contributed by atoms with E-state index in [1.54, 1.807) is 61.7 Å². The van der Waals surface area contributed by atoms with Gasteiger partial charge in [-0.05, 0) is 86.3 Å². The van der Waals surface area contributed by atoms with E-state index in [0.29, 0.717) is 70.5 Å². The Kier molecular flexibility index (Phi) is 9.39. The maximum absolute atomic E-state index is 13.8. The molecule has 5 rings (SSSR count). The summed E-state index contributed by atoms with van der Waals surface area (Å²) in [6.07, 6.45) is 0.873. The number of hydrogen-bond acceptors (Lipinski definition) is 9. The molecule has 1 atom stereocenters. The van der Waals surface area contributed by atoms with Crippen LogP contribution in [0.1, 0.15) is 51.3 Å². The van der Waals surface area contributed by atoms with Crippen LogP contribution in [0, 0.1) is 5.92 Å². The molecule has 230 valence electrons. The highest BCUT2D eigenvalue weighted by Crippen LogP contribution is 2.46. The van der Waals surface area contributed by atoms with Crippen LogP contribution in [0.25, 0.3) is 16.0 Å². The molecule has 10 heteroatoms. The second-order valence-corrected chi connectivity index (χ2v) is 11.6. The smallest absolute Gasteiger partial charge is 0.301 e. The number of amides is 1. The van der Waals surface area contributed by atoms with Crippen molar-refractivity contribution in [3.8, 4) is 23.0 Å². The molecule has 1 fully saturated rings. The molecule has 0 aliphatic carbocycles. The Bertz CT molecular complexity index is 1690. The lowest BCUT2D eigenvalue weighted by molar-refractivity contribution is -0.132. The van der Waals surface area contributed by atoms with E-state index in [4.69, 9.17) is 23.9 Å². The van der Waals surface area contributed by atoms with Gasteiger partial charge < -0.3 is 24.1 Å². The molecular formula is C34H36N2O7S. The van der Waals surface area contributed by atoms with Crippen molar-refractivity contribution in [1.82, 2.24) is 4.98 Å². The van der Waals surface area contributed by atoms with Crippen molar-refractivity contribution in [2.24, 2.45) is 5.92 Å². The van der Waals surface area contributed by atoms with Crippen molar-refractivity contribution in [3.05, 3.63) is 77.4 Å². The summed E-state index contributed by atoms with van der Waals surface area (Å²) in [7, 11) is 1.58. The van der Waals surface area contributed by atoms with Crippen molar-refractivity contribution in [2.75, 3.05) is 31.8 Å². The maximum Gasteiger partial charge on any atom is 0.301 e. The Hall–Kier alpha value is -4.57. The Morgan fingerprint density at radius 1 is 0.932 bits per heavy atom. The molecule has 44 heavy (non-hydrogen) atoms. The first-order valence-corrected chi connectivity index (χ1v) is 15.5. The molecule has 3 aromatic carbocycles. The quantitative estimate of drug-likeness (QED) is 0.102. The zero-order valence-electron chi connectivity index (χ0n) is 25.5. The van der Waals surface area contributed by atoms with Crippen LogP contribution in [0.5, 0.6) is 23.0 Å². The molecule has 1 amide bonds. The number of carbonyl (C=O) groups excluding carboxylic acids is 2. The van der Waals surface area contributed by atoms with Crippen molar-refractivity contribution in [3.63, 3.8) is 0 Å². The summed E-state index contributed by atoms with van der Waals surface area (Å²) >= 11 is 1.26. The summed E-state index contributed by atoms with van der Waals surface area (Å²) in [6.45, 7) is 9.40. The third-order valence-electron chi connectivity index (χ3n) is 7.21. The molecule has 0 bridgehead atoms. The molecule has 9 nitrogen and oxygen atoms in total. The van der Waals surface area contributed by atoms with Crippen molar-refractivity contribution < 1.29 is 33.6 Å². The minimum absolute atomic E-state index is 0.0491. The van der Waals surface area contributed by atoms with Gasteiger partial charge >= 0.3 is 5.91 Å². The number of aromatic nitrogens is 1. The maximum atomic E-state index is 13.8. The van der Waals surface area contributed by atoms with Gasteiger partial charge in [-0.3, -0.25) is 14.5 Å². The summed E-state index contributed by atoms with van der Waals surface area (Å²) in [4.78, 5) is 33.5. The predicted molar refractivity (Wildman–Crippen MR) is 171 cm³/mol. The monoisotopic (exact) mass is 616 g/mol. The van der Waals surface area contributed by atoms with Gasteiger partial charge in [-0.2, -0.15) is 0 Å². The zero-order chi connectivity index (χ0) is 31.4. The lowest BCUT2D eigenvalue weighted by atomic mass is 9.95. The number of carbonyl (C=O) groups is 2. The predicted octanol–water partition coefficient (Wildman–Crippen LogP) is 7.15. The average Bonchev–Trinajstić information content (AvgIpc) is 3.55. The molecule has 1 unspecified atom stereocenters. The summed E-state index contributed by atoms with van der Waals surface area (Å²) in [5.41, 5.74) is 1.55. The highest BCUT2D eigenvalue weighted by atomic mass is 32.1. The number of methoxy groups -OCH3 is 1. The molecule has 4 aromatic rings. The Morgan fingerprint density at radius 2 is 1.66 bits per heavy atom. The van der Waals surface area contributed by atoms with Gasteiger partial charge in [-0.1, -0.05) is 31.3 Å². The van der Waals surface area contributed by atoms with Gasteiger partial charge in [0, 0.05) is 5.56 Å². The molecule has 1 saturated heterocycles. The molecule has 0 radical (unpaired) electrons. The number of fused-ring (bicyclic) bond motifs is 1. The highest BCUT2D eigenvalue weighted by molar-refractivity contribution is 7.22. The van der Waals surface area contributed by atoms with E-state index in [9.17, 15) is 14.7 Å². The third kappa shape index (κ3) is 6.21. The number of thiazole rings is 1. The van der Waals surface area contributed by atoms with Gasteiger partial charge in [0.1, 0.15) is 17.3 Å². The van der Waals surface area contributed by atoms with Crippen LogP contribution in [0.15, 0.2) is 66.2 Å². The third-order valence-corrected chi connectivity index (χ3v) is 8.23. The van der Waals surface area contributed by atoms with E-state index in [-0.39, 0.29) is 11.3 Å². The average molecular weight is 617 g/mol. The fourth-order valence-corrected chi connectivity index (χ4v) is 6.01. The second-order valence-electron chi connectivity index (χ2n) is 10.6. The number of benzene rings is 3. The number of Topliss-reactive ketones (excluding diaryl/α,β-unsaturated/α-hetero) is 1. The topological polar surface area (TPSA) is 107 Å². The molecule has 2 heterocycles. The lowest BCUT2D eigenvalue weighted by Gasteiger charge is -2.24. The van der Waals surface area contributed by atoms with E-state index in [1.165, 1.54) is 16.2 Å². The number of rotatable bonds is 12. The fraction of sp³-hybridized carbons (Fsp3) is 0.324. The van der Waals surface area contributed by atoms with E-state index >= 15 is 0 Å². The molecule has 0 saturated carbocycles. The van der Waals surface area contributed by atoms with E-state index in [2.05, 4.69) is 13.8 Å².